The third kappa shape index (κ3) is 2.22. The third-order valence-electron chi connectivity index (χ3n) is 4.60. The van der Waals surface area contributed by atoms with E-state index in [2.05, 4.69) is 45.6 Å². The number of hydrogen-bond acceptors (Lipinski definition) is 3. The molecule has 1 saturated carbocycles. The molecule has 1 aliphatic carbocycles. The van der Waals surface area contributed by atoms with Crippen LogP contribution in [0.3, 0.4) is 0 Å². The number of nitrogens with zero attached hydrogens (tertiary/aromatic N) is 2. The van der Waals surface area contributed by atoms with Crippen molar-refractivity contribution in [3.05, 3.63) is 60.2 Å². The van der Waals surface area contributed by atoms with Gasteiger partial charge in [0, 0.05) is 29.4 Å². The molecule has 1 aliphatic rings. The van der Waals surface area contributed by atoms with Gasteiger partial charge >= 0.3 is 0 Å². The number of aromatic nitrogens is 2. The van der Waals surface area contributed by atoms with Crippen LogP contribution < -0.4 is 5.32 Å². The molecular weight excluding hydrogens is 246 g/mol. The van der Waals surface area contributed by atoms with Crippen LogP contribution in [0.2, 0.25) is 0 Å². The van der Waals surface area contributed by atoms with Crippen molar-refractivity contribution in [1.29, 1.82) is 0 Å². The first-order chi connectivity index (χ1) is 9.87. The lowest BCUT2D eigenvalue weighted by Gasteiger charge is -2.38. The van der Waals surface area contributed by atoms with Gasteiger partial charge in [-0.1, -0.05) is 43.2 Å². The zero-order valence-electron chi connectivity index (χ0n) is 11.9. The maximum absolute atomic E-state index is 4.20. The molecular formula is C17H21N3. The minimum atomic E-state index is 0.167. The molecule has 104 valence electrons. The smallest absolute Gasteiger partial charge is 0.115 e. The van der Waals surface area contributed by atoms with E-state index in [-0.39, 0.29) is 11.5 Å². The number of hydrogen-bond donors (Lipinski definition) is 1. The van der Waals surface area contributed by atoms with Gasteiger partial charge in [-0.05, 0) is 25.5 Å². The summed E-state index contributed by atoms with van der Waals surface area (Å²) in [6, 6.07) is 11.2. The van der Waals surface area contributed by atoms with E-state index in [4.69, 9.17) is 0 Å². The summed E-state index contributed by atoms with van der Waals surface area (Å²) in [4.78, 5) is 8.40. The van der Waals surface area contributed by atoms with Gasteiger partial charge in [-0.25, -0.2) is 9.97 Å². The average Bonchev–Trinajstić information content (AvgIpc) is 3.01. The Hall–Kier alpha value is -1.74. The van der Waals surface area contributed by atoms with Crippen molar-refractivity contribution in [2.75, 3.05) is 7.05 Å². The SMILES string of the molecule is CNC(c1cncnc1)C1(c2ccccc2)CCCC1. The van der Waals surface area contributed by atoms with Crippen LogP contribution >= 0.6 is 0 Å². The Balaban J connectivity index is 2.06. The highest BCUT2D eigenvalue weighted by atomic mass is 14.9. The molecule has 2 aromatic rings. The lowest BCUT2D eigenvalue weighted by atomic mass is 9.71. The quantitative estimate of drug-likeness (QED) is 0.924. The molecule has 0 spiro atoms. The number of nitrogens with one attached hydrogen (secondary N) is 1. The molecule has 1 aromatic heterocycles. The Labute approximate surface area is 120 Å². The Kier molecular flexibility index (Phi) is 3.79. The van der Waals surface area contributed by atoms with Crippen molar-refractivity contribution >= 4 is 0 Å². The van der Waals surface area contributed by atoms with Crippen LogP contribution in [0.5, 0.6) is 0 Å². The lowest BCUT2D eigenvalue weighted by molar-refractivity contribution is 0.314. The monoisotopic (exact) mass is 267 g/mol. The van der Waals surface area contributed by atoms with Crippen molar-refractivity contribution in [1.82, 2.24) is 15.3 Å². The third-order valence-corrected chi connectivity index (χ3v) is 4.60. The molecule has 0 amide bonds. The minimum Gasteiger partial charge on any atom is -0.312 e. The van der Waals surface area contributed by atoms with Crippen LogP contribution in [0.1, 0.15) is 42.9 Å². The van der Waals surface area contributed by atoms with E-state index >= 15 is 0 Å². The first kappa shape index (κ1) is 13.3. The highest BCUT2D eigenvalue weighted by Gasteiger charge is 2.42. The lowest BCUT2D eigenvalue weighted by Crippen LogP contribution is -2.38. The number of benzene rings is 1. The van der Waals surface area contributed by atoms with E-state index in [1.807, 2.05) is 19.4 Å². The summed E-state index contributed by atoms with van der Waals surface area (Å²) in [7, 11) is 2.04. The van der Waals surface area contributed by atoms with E-state index in [1.165, 1.54) is 36.8 Å². The molecule has 1 fully saturated rings. The zero-order valence-corrected chi connectivity index (χ0v) is 11.9. The molecule has 0 bridgehead atoms. The van der Waals surface area contributed by atoms with Crippen molar-refractivity contribution < 1.29 is 0 Å². The summed E-state index contributed by atoms with van der Waals surface area (Å²) in [5.74, 6) is 0. The fourth-order valence-corrected chi connectivity index (χ4v) is 3.74. The molecule has 3 rings (SSSR count). The van der Waals surface area contributed by atoms with Gasteiger partial charge in [0.1, 0.15) is 6.33 Å². The van der Waals surface area contributed by atoms with Gasteiger partial charge in [-0.3, -0.25) is 0 Å². The van der Waals surface area contributed by atoms with Crippen LogP contribution in [-0.4, -0.2) is 17.0 Å². The van der Waals surface area contributed by atoms with Gasteiger partial charge < -0.3 is 5.32 Å². The maximum Gasteiger partial charge on any atom is 0.115 e. The second-order valence-corrected chi connectivity index (χ2v) is 5.62. The number of rotatable bonds is 4. The zero-order chi connectivity index (χ0) is 13.8. The molecule has 20 heavy (non-hydrogen) atoms. The van der Waals surface area contributed by atoms with Gasteiger partial charge in [0.25, 0.3) is 0 Å². The first-order valence-electron chi connectivity index (χ1n) is 7.34. The predicted molar refractivity (Wildman–Crippen MR) is 80.4 cm³/mol. The van der Waals surface area contributed by atoms with Gasteiger partial charge in [0.05, 0.1) is 0 Å². The van der Waals surface area contributed by atoms with E-state index < -0.39 is 0 Å². The summed E-state index contributed by atoms with van der Waals surface area (Å²) in [6.07, 6.45) is 10.5. The Bertz CT molecular complexity index is 533. The summed E-state index contributed by atoms with van der Waals surface area (Å²) in [6.45, 7) is 0. The summed E-state index contributed by atoms with van der Waals surface area (Å²) in [5, 5.41) is 3.52. The molecule has 0 aliphatic heterocycles. The maximum atomic E-state index is 4.20. The molecule has 0 radical (unpaired) electrons. The molecule has 0 saturated heterocycles. The van der Waals surface area contributed by atoms with Crippen LogP contribution in [0, 0.1) is 0 Å². The molecule has 1 heterocycles. The highest BCUT2D eigenvalue weighted by molar-refractivity contribution is 5.33. The van der Waals surface area contributed by atoms with Gasteiger partial charge in [-0.15, -0.1) is 0 Å². The fourth-order valence-electron chi connectivity index (χ4n) is 3.74. The summed E-state index contributed by atoms with van der Waals surface area (Å²) < 4.78 is 0. The van der Waals surface area contributed by atoms with Gasteiger partial charge in [0.2, 0.25) is 0 Å². The Morgan fingerprint density at radius 2 is 1.70 bits per heavy atom. The Morgan fingerprint density at radius 1 is 1.05 bits per heavy atom. The van der Waals surface area contributed by atoms with E-state index in [0.717, 1.165) is 0 Å². The van der Waals surface area contributed by atoms with Crippen molar-refractivity contribution in [3.8, 4) is 0 Å². The standard InChI is InChI=1S/C17H21N3/c1-18-16(14-11-19-13-20-12-14)17(9-5-6-10-17)15-7-3-2-4-8-15/h2-4,7-8,11-13,16,18H,5-6,9-10H2,1H3. The number of likely N-dealkylation sites (N-methyl/N-ethyl adjacent to an activating group) is 1. The molecule has 3 heteroatoms. The van der Waals surface area contributed by atoms with Crippen LogP contribution in [0.15, 0.2) is 49.1 Å². The highest BCUT2D eigenvalue weighted by Crippen LogP contribution is 2.49. The van der Waals surface area contributed by atoms with Crippen molar-refractivity contribution in [2.45, 2.75) is 37.1 Å². The molecule has 1 aromatic carbocycles. The van der Waals surface area contributed by atoms with E-state index in [0.29, 0.717) is 0 Å². The Morgan fingerprint density at radius 3 is 2.30 bits per heavy atom. The van der Waals surface area contributed by atoms with Gasteiger partial charge in [-0.2, -0.15) is 0 Å². The molecule has 1 unspecified atom stereocenters. The topological polar surface area (TPSA) is 37.8 Å². The summed E-state index contributed by atoms with van der Waals surface area (Å²) >= 11 is 0. The normalized spacial score (nSPS) is 18.9. The molecule has 1 N–H and O–H groups in total. The first-order valence-corrected chi connectivity index (χ1v) is 7.34. The molecule has 1 atom stereocenters. The van der Waals surface area contributed by atoms with E-state index in [1.54, 1.807) is 6.33 Å². The van der Waals surface area contributed by atoms with Crippen LogP contribution in [-0.2, 0) is 5.41 Å². The van der Waals surface area contributed by atoms with E-state index in [9.17, 15) is 0 Å². The largest absolute Gasteiger partial charge is 0.312 e. The van der Waals surface area contributed by atoms with Crippen LogP contribution in [0.25, 0.3) is 0 Å². The van der Waals surface area contributed by atoms with Crippen molar-refractivity contribution in [3.63, 3.8) is 0 Å². The van der Waals surface area contributed by atoms with Crippen LogP contribution in [0.4, 0.5) is 0 Å². The van der Waals surface area contributed by atoms with Gasteiger partial charge in [0.15, 0.2) is 0 Å². The average molecular weight is 267 g/mol. The second kappa shape index (κ2) is 5.71. The second-order valence-electron chi connectivity index (χ2n) is 5.62. The molecule has 3 nitrogen and oxygen atoms in total. The minimum absolute atomic E-state index is 0.167. The summed E-state index contributed by atoms with van der Waals surface area (Å²) in [5.41, 5.74) is 2.78. The van der Waals surface area contributed by atoms with Crippen molar-refractivity contribution in [2.24, 2.45) is 0 Å². The fraction of sp³-hybridized carbons (Fsp3) is 0.412. The predicted octanol–water partition coefficient (Wildman–Crippen LogP) is 3.25.